The Morgan fingerprint density at radius 1 is 1.14 bits per heavy atom. The standard InChI is InChI=1S/C18H19ClF2N2O4S/c1-11(2)23(3)28(25,26)14-8-9-16(19)15(10-14)17(24)22-12-4-6-13(7-5-12)27-18(20)21/h4-11,18H,1-3H3,(H,22,24). The molecule has 2 rings (SSSR count). The molecule has 10 heteroatoms. The fraction of sp³-hybridized carbons (Fsp3) is 0.278. The number of alkyl halides is 2. The topological polar surface area (TPSA) is 75.7 Å². The molecule has 0 spiro atoms. The first-order chi connectivity index (χ1) is 13.0. The Morgan fingerprint density at radius 2 is 1.75 bits per heavy atom. The number of benzene rings is 2. The van der Waals surface area contributed by atoms with Crippen LogP contribution in [0.4, 0.5) is 14.5 Å². The van der Waals surface area contributed by atoms with Gasteiger partial charge in [0.25, 0.3) is 5.91 Å². The molecule has 0 unspecified atom stereocenters. The lowest BCUT2D eigenvalue weighted by atomic mass is 10.2. The number of carbonyl (C=O) groups excluding carboxylic acids is 1. The summed E-state index contributed by atoms with van der Waals surface area (Å²) in [7, 11) is -2.35. The van der Waals surface area contributed by atoms with Crippen molar-refractivity contribution in [2.45, 2.75) is 31.4 Å². The third kappa shape index (κ3) is 5.18. The molecule has 0 aliphatic carbocycles. The fourth-order valence-corrected chi connectivity index (χ4v) is 3.80. The highest BCUT2D eigenvalue weighted by Gasteiger charge is 2.25. The van der Waals surface area contributed by atoms with Crippen LogP contribution in [0.3, 0.4) is 0 Å². The van der Waals surface area contributed by atoms with Gasteiger partial charge in [-0.25, -0.2) is 8.42 Å². The van der Waals surface area contributed by atoms with Crippen LogP contribution in [0.5, 0.6) is 5.75 Å². The lowest BCUT2D eigenvalue weighted by Gasteiger charge is -2.21. The summed E-state index contributed by atoms with van der Waals surface area (Å²) in [5.74, 6) is -0.701. The van der Waals surface area contributed by atoms with Gasteiger partial charge in [0.1, 0.15) is 5.75 Å². The monoisotopic (exact) mass is 432 g/mol. The van der Waals surface area contributed by atoms with E-state index in [1.165, 1.54) is 53.8 Å². The van der Waals surface area contributed by atoms with E-state index in [9.17, 15) is 22.0 Å². The van der Waals surface area contributed by atoms with Gasteiger partial charge in [0.05, 0.1) is 15.5 Å². The van der Waals surface area contributed by atoms with Gasteiger partial charge in [-0.1, -0.05) is 11.6 Å². The molecular weight excluding hydrogens is 414 g/mol. The van der Waals surface area contributed by atoms with Crippen LogP contribution in [0, 0.1) is 0 Å². The summed E-state index contributed by atoms with van der Waals surface area (Å²) in [4.78, 5) is 12.5. The van der Waals surface area contributed by atoms with Gasteiger partial charge in [-0.15, -0.1) is 0 Å². The molecule has 0 saturated heterocycles. The predicted octanol–water partition coefficient (Wildman–Crippen LogP) is 4.22. The minimum atomic E-state index is -3.79. The molecule has 0 fully saturated rings. The van der Waals surface area contributed by atoms with E-state index in [4.69, 9.17) is 11.6 Å². The third-order valence-electron chi connectivity index (χ3n) is 3.92. The molecule has 2 aromatic rings. The minimum absolute atomic E-state index is 0.0344. The Labute approximate surface area is 167 Å². The highest BCUT2D eigenvalue weighted by atomic mass is 35.5. The van der Waals surface area contributed by atoms with Gasteiger partial charge < -0.3 is 10.1 Å². The van der Waals surface area contributed by atoms with Crippen molar-refractivity contribution >= 4 is 33.2 Å². The predicted molar refractivity (Wildman–Crippen MR) is 103 cm³/mol. The van der Waals surface area contributed by atoms with Crippen molar-refractivity contribution < 1.29 is 26.7 Å². The number of carbonyl (C=O) groups is 1. The second-order valence-electron chi connectivity index (χ2n) is 6.11. The molecule has 1 amide bonds. The molecule has 0 radical (unpaired) electrons. The Kier molecular flexibility index (Phi) is 6.97. The first-order valence-corrected chi connectivity index (χ1v) is 9.98. The number of rotatable bonds is 7. The Hall–Kier alpha value is -2.23. The van der Waals surface area contributed by atoms with Crippen LogP contribution >= 0.6 is 11.6 Å². The molecule has 0 heterocycles. The zero-order valence-electron chi connectivity index (χ0n) is 15.3. The largest absolute Gasteiger partial charge is 0.435 e. The second kappa shape index (κ2) is 8.85. The lowest BCUT2D eigenvalue weighted by Crippen LogP contribution is -2.33. The summed E-state index contributed by atoms with van der Waals surface area (Å²) in [6, 6.07) is 8.85. The summed E-state index contributed by atoms with van der Waals surface area (Å²) in [6.07, 6.45) is 0. The van der Waals surface area contributed by atoms with Gasteiger partial charge in [-0.3, -0.25) is 4.79 Å². The van der Waals surface area contributed by atoms with Gasteiger partial charge in [0.15, 0.2) is 0 Å². The molecule has 0 aliphatic heterocycles. The van der Waals surface area contributed by atoms with Crippen LogP contribution in [0.25, 0.3) is 0 Å². The Morgan fingerprint density at radius 3 is 2.29 bits per heavy atom. The van der Waals surface area contributed by atoms with Crippen LogP contribution in [-0.4, -0.2) is 38.3 Å². The number of ether oxygens (including phenoxy) is 1. The van der Waals surface area contributed by atoms with Crippen molar-refractivity contribution in [1.29, 1.82) is 0 Å². The van der Waals surface area contributed by atoms with E-state index in [-0.39, 0.29) is 27.3 Å². The van der Waals surface area contributed by atoms with Crippen LogP contribution < -0.4 is 10.1 Å². The summed E-state index contributed by atoms with van der Waals surface area (Å²) >= 11 is 6.06. The number of hydrogen-bond acceptors (Lipinski definition) is 4. The summed E-state index contributed by atoms with van der Waals surface area (Å²) in [6.45, 7) is 0.498. The lowest BCUT2D eigenvalue weighted by molar-refractivity contribution is -0.0498. The molecule has 0 aliphatic rings. The molecule has 28 heavy (non-hydrogen) atoms. The van der Waals surface area contributed by atoms with E-state index >= 15 is 0 Å². The maximum absolute atomic E-state index is 12.6. The van der Waals surface area contributed by atoms with E-state index in [0.29, 0.717) is 5.69 Å². The van der Waals surface area contributed by atoms with Crippen molar-refractivity contribution in [2.24, 2.45) is 0 Å². The fourth-order valence-electron chi connectivity index (χ4n) is 2.20. The number of nitrogens with zero attached hydrogens (tertiary/aromatic N) is 1. The molecule has 1 N–H and O–H groups in total. The molecular formula is C18H19ClF2N2O4S. The van der Waals surface area contributed by atoms with Crippen LogP contribution in [0.2, 0.25) is 5.02 Å². The van der Waals surface area contributed by atoms with Crippen LogP contribution in [0.15, 0.2) is 47.4 Å². The Bertz CT molecular complexity index is 951. The third-order valence-corrected chi connectivity index (χ3v) is 6.28. The first kappa shape index (κ1) is 22.1. The van der Waals surface area contributed by atoms with Gasteiger partial charge in [0.2, 0.25) is 10.0 Å². The smallest absolute Gasteiger partial charge is 0.387 e. The van der Waals surface area contributed by atoms with E-state index in [1.807, 2.05) is 0 Å². The minimum Gasteiger partial charge on any atom is -0.435 e. The zero-order valence-corrected chi connectivity index (χ0v) is 16.9. The highest BCUT2D eigenvalue weighted by Crippen LogP contribution is 2.25. The van der Waals surface area contributed by atoms with Gasteiger partial charge in [-0.2, -0.15) is 13.1 Å². The van der Waals surface area contributed by atoms with Crippen LogP contribution in [0.1, 0.15) is 24.2 Å². The zero-order chi connectivity index (χ0) is 21.1. The van der Waals surface area contributed by atoms with Gasteiger partial charge >= 0.3 is 6.61 Å². The number of nitrogens with one attached hydrogen (secondary N) is 1. The van der Waals surface area contributed by atoms with E-state index in [1.54, 1.807) is 13.8 Å². The van der Waals surface area contributed by atoms with E-state index in [2.05, 4.69) is 10.1 Å². The molecule has 0 saturated carbocycles. The maximum atomic E-state index is 12.6. The Balaban J connectivity index is 2.26. The maximum Gasteiger partial charge on any atom is 0.387 e. The van der Waals surface area contributed by atoms with Crippen molar-refractivity contribution in [2.75, 3.05) is 12.4 Å². The highest BCUT2D eigenvalue weighted by molar-refractivity contribution is 7.89. The number of amides is 1. The van der Waals surface area contributed by atoms with Gasteiger partial charge in [-0.05, 0) is 56.3 Å². The molecule has 6 nitrogen and oxygen atoms in total. The SMILES string of the molecule is CC(C)N(C)S(=O)(=O)c1ccc(Cl)c(C(=O)Nc2ccc(OC(F)F)cc2)c1. The first-order valence-electron chi connectivity index (χ1n) is 8.16. The molecule has 0 atom stereocenters. The molecule has 0 aromatic heterocycles. The van der Waals surface area contributed by atoms with Gasteiger partial charge in [0, 0.05) is 18.8 Å². The summed E-state index contributed by atoms with van der Waals surface area (Å²) < 4.78 is 55.0. The number of halogens is 3. The normalized spacial score (nSPS) is 11.9. The summed E-state index contributed by atoms with van der Waals surface area (Å²) in [5, 5.41) is 2.61. The van der Waals surface area contributed by atoms with E-state index in [0.717, 1.165) is 0 Å². The average Bonchev–Trinajstić information content (AvgIpc) is 2.62. The van der Waals surface area contributed by atoms with Crippen molar-refractivity contribution in [1.82, 2.24) is 4.31 Å². The van der Waals surface area contributed by atoms with E-state index < -0.39 is 22.5 Å². The average molecular weight is 433 g/mol. The van der Waals surface area contributed by atoms with Crippen molar-refractivity contribution in [3.8, 4) is 5.75 Å². The number of sulfonamides is 1. The van der Waals surface area contributed by atoms with Crippen molar-refractivity contribution in [3.63, 3.8) is 0 Å². The number of anilines is 1. The number of hydrogen-bond donors (Lipinski definition) is 1. The van der Waals surface area contributed by atoms with Crippen molar-refractivity contribution in [3.05, 3.63) is 53.1 Å². The molecule has 152 valence electrons. The summed E-state index contributed by atoms with van der Waals surface area (Å²) in [5.41, 5.74) is 0.267. The van der Waals surface area contributed by atoms with Crippen LogP contribution in [-0.2, 0) is 10.0 Å². The molecule has 0 bridgehead atoms. The molecule has 2 aromatic carbocycles. The quantitative estimate of drug-likeness (QED) is 0.710. The second-order valence-corrected chi connectivity index (χ2v) is 8.52.